The molecule has 4 aromatic carbocycles. The molecule has 2 aliphatic heterocycles. The number of methoxy groups -OCH3 is 1. The molecule has 0 radical (unpaired) electrons. The molecule has 7 nitrogen and oxygen atoms in total. The van der Waals surface area contributed by atoms with Crippen LogP contribution in [0.2, 0.25) is 0 Å². The second-order valence-electron chi connectivity index (χ2n) is 12.4. The predicted molar refractivity (Wildman–Crippen MR) is 173 cm³/mol. The van der Waals surface area contributed by atoms with Crippen LogP contribution in [0, 0.1) is 5.41 Å². The summed E-state index contributed by atoms with van der Waals surface area (Å²) < 4.78 is 11.3. The van der Waals surface area contributed by atoms with Crippen molar-refractivity contribution in [2.45, 2.75) is 51.4 Å². The number of nitrogens with zero attached hydrogens (tertiary/aromatic N) is 2. The highest BCUT2D eigenvalue weighted by molar-refractivity contribution is 6.19. The van der Waals surface area contributed by atoms with E-state index in [1.165, 1.54) is 12.5 Å². The molecule has 0 aromatic heterocycles. The lowest BCUT2D eigenvalue weighted by atomic mass is 9.64. The third kappa shape index (κ3) is 4.69. The van der Waals surface area contributed by atoms with Crippen molar-refractivity contribution in [3.8, 4) is 11.5 Å². The van der Waals surface area contributed by atoms with Crippen LogP contribution in [-0.2, 0) is 20.8 Å². The third-order valence-corrected chi connectivity index (χ3v) is 10.2. The van der Waals surface area contributed by atoms with Gasteiger partial charge in [0.05, 0.1) is 18.5 Å². The molecule has 1 unspecified atom stereocenters. The second kappa shape index (κ2) is 11.1. The van der Waals surface area contributed by atoms with Gasteiger partial charge in [-0.1, -0.05) is 55.0 Å². The van der Waals surface area contributed by atoms with E-state index in [2.05, 4.69) is 12.1 Å². The number of hydrogen-bond donors (Lipinski definition) is 0. The van der Waals surface area contributed by atoms with Gasteiger partial charge in [-0.05, 0) is 46.6 Å². The van der Waals surface area contributed by atoms with Gasteiger partial charge in [0, 0.05) is 67.6 Å². The number of amides is 2. The fourth-order valence-corrected chi connectivity index (χ4v) is 7.86. The van der Waals surface area contributed by atoms with E-state index in [9.17, 15) is 14.4 Å². The minimum atomic E-state index is -0.416. The quantitative estimate of drug-likeness (QED) is 0.126. The van der Waals surface area contributed by atoms with Crippen molar-refractivity contribution < 1.29 is 23.9 Å². The Kier molecular flexibility index (Phi) is 7.24. The van der Waals surface area contributed by atoms with E-state index >= 15 is 0 Å². The monoisotopic (exact) mass is 610 g/mol. The third-order valence-electron chi connectivity index (χ3n) is 9.83. The summed E-state index contributed by atoms with van der Waals surface area (Å²) in [7, 11) is 1.66. The van der Waals surface area contributed by atoms with Crippen molar-refractivity contribution in [2.75, 3.05) is 35.9 Å². The predicted octanol–water partition coefficient (Wildman–Crippen LogP) is 7.14. The van der Waals surface area contributed by atoms with E-state index in [4.69, 9.17) is 21.1 Å². The van der Waals surface area contributed by atoms with Crippen LogP contribution in [0.1, 0.15) is 56.1 Å². The molecule has 0 saturated heterocycles. The molecule has 1 aliphatic carbocycles. The average molecular weight is 611 g/mol. The number of rotatable bonds is 7. The summed E-state index contributed by atoms with van der Waals surface area (Å²) in [6.45, 7) is 2.46. The standard InChI is InChI=1S/C36H35ClN2O5/c1-22(40)44-32-17-30-35(28-11-6-5-10-27(28)32)23(20-37)21-39(30)34(42)19-36(13-7-14-36)18-33(41)38-15-12-25-24-8-3-4-9-26(24)31(43-2)16-29(25)38/h3-6,8-11,16-17,23H,7,12-15,18-21H2,1-2H3. The summed E-state index contributed by atoms with van der Waals surface area (Å²) in [5, 5.41) is 3.93. The van der Waals surface area contributed by atoms with Gasteiger partial charge in [0.2, 0.25) is 11.8 Å². The Hall–Kier alpha value is -4.10. The lowest BCUT2D eigenvalue weighted by molar-refractivity contribution is -0.132. The van der Waals surface area contributed by atoms with E-state index in [-0.39, 0.29) is 29.6 Å². The van der Waals surface area contributed by atoms with E-state index in [1.54, 1.807) is 18.1 Å². The Bertz CT molecular complexity index is 1830. The Morgan fingerprint density at radius 3 is 2.09 bits per heavy atom. The molecular formula is C36H35ClN2O5. The summed E-state index contributed by atoms with van der Waals surface area (Å²) in [5.41, 5.74) is 3.45. The number of ether oxygens (including phenoxy) is 2. The zero-order valence-corrected chi connectivity index (χ0v) is 25.8. The van der Waals surface area contributed by atoms with Gasteiger partial charge in [-0.15, -0.1) is 11.6 Å². The SMILES string of the molecule is COc1cc2c(c3ccccc13)CCN2C(=O)CC1(CC(=O)N2CC(CCl)c3c2cc(OC(C)=O)c2ccccc32)CCC1. The highest BCUT2D eigenvalue weighted by Gasteiger charge is 2.45. The molecule has 2 amide bonds. The molecule has 2 heterocycles. The maximum atomic E-state index is 14.1. The first-order chi connectivity index (χ1) is 21.3. The van der Waals surface area contributed by atoms with Crippen LogP contribution in [0.4, 0.5) is 11.4 Å². The van der Waals surface area contributed by atoms with Gasteiger partial charge < -0.3 is 19.3 Å². The summed E-state index contributed by atoms with van der Waals surface area (Å²) in [4.78, 5) is 43.7. The van der Waals surface area contributed by atoms with Gasteiger partial charge in [-0.25, -0.2) is 0 Å². The van der Waals surface area contributed by atoms with E-state index in [0.717, 1.165) is 69.9 Å². The van der Waals surface area contributed by atoms with Crippen LogP contribution in [-0.4, -0.2) is 43.9 Å². The maximum absolute atomic E-state index is 14.1. The number of benzene rings is 4. The lowest BCUT2D eigenvalue weighted by Crippen LogP contribution is -2.43. The average Bonchev–Trinajstić information content (AvgIpc) is 3.61. The molecule has 7 rings (SSSR count). The Morgan fingerprint density at radius 1 is 0.864 bits per heavy atom. The van der Waals surface area contributed by atoms with Crippen molar-refractivity contribution in [3.05, 3.63) is 71.8 Å². The summed E-state index contributed by atoms with van der Waals surface area (Å²) >= 11 is 6.46. The fraction of sp³-hybridized carbons (Fsp3) is 0.361. The molecule has 3 aliphatic rings. The molecule has 0 spiro atoms. The number of carbonyl (C=O) groups excluding carboxylic acids is 3. The van der Waals surface area contributed by atoms with Gasteiger partial charge >= 0.3 is 5.97 Å². The molecule has 0 bridgehead atoms. The van der Waals surface area contributed by atoms with E-state index in [1.807, 2.05) is 47.4 Å². The maximum Gasteiger partial charge on any atom is 0.308 e. The fourth-order valence-electron chi connectivity index (χ4n) is 7.60. The normalized spacial score (nSPS) is 18.2. The minimum Gasteiger partial charge on any atom is -0.496 e. The molecule has 226 valence electrons. The first-order valence-corrected chi connectivity index (χ1v) is 15.9. The Balaban J connectivity index is 1.16. The lowest BCUT2D eigenvalue weighted by Gasteiger charge is -2.42. The molecule has 0 N–H and O–H groups in total. The van der Waals surface area contributed by atoms with Crippen LogP contribution in [0.15, 0.2) is 60.7 Å². The Labute approximate surface area is 261 Å². The first kappa shape index (κ1) is 28.7. The number of hydrogen-bond acceptors (Lipinski definition) is 5. The topological polar surface area (TPSA) is 76.2 Å². The number of anilines is 2. The van der Waals surface area contributed by atoms with Crippen LogP contribution in [0.3, 0.4) is 0 Å². The molecular weight excluding hydrogens is 576 g/mol. The van der Waals surface area contributed by atoms with Gasteiger partial charge in [-0.3, -0.25) is 14.4 Å². The largest absolute Gasteiger partial charge is 0.496 e. The van der Waals surface area contributed by atoms with E-state index in [0.29, 0.717) is 31.1 Å². The number of esters is 1. The Morgan fingerprint density at radius 2 is 1.48 bits per heavy atom. The highest BCUT2D eigenvalue weighted by Crippen LogP contribution is 2.51. The van der Waals surface area contributed by atoms with Gasteiger partial charge in [0.25, 0.3) is 0 Å². The van der Waals surface area contributed by atoms with Crippen molar-refractivity contribution in [1.82, 2.24) is 0 Å². The summed E-state index contributed by atoms with van der Waals surface area (Å²) in [5.74, 6) is 1.13. The molecule has 1 saturated carbocycles. The zero-order chi connectivity index (χ0) is 30.6. The number of fused-ring (bicyclic) bond motifs is 6. The van der Waals surface area contributed by atoms with Crippen molar-refractivity contribution in [2.24, 2.45) is 5.41 Å². The minimum absolute atomic E-state index is 0.0232. The molecule has 1 atom stereocenters. The number of carbonyl (C=O) groups is 3. The van der Waals surface area contributed by atoms with Crippen molar-refractivity contribution in [3.63, 3.8) is 0 Å². The second-order valence-corrected chi connectivity index (χ2v) is 12.7. The van der Waals surface area contributed by atoms with Crippen molar-refractivity contribution >= 4 is 62.3 Å². The number of alkyl halides is 1. The van der Waals surface area contributed by atoms with Crippen LogP contribution in [0.25, 0.3) is 21.5 Å². The van der Waals surface area contributed by atoms with E-state index < -0.39 is 5.97 Å². The smallest absolute Gasteiger partial charge is 0.308 e. The van der Waals surface area contributed by atoms with Crippen LogP contribution in [0.5, 0.6) is 11.5 Å². The summed E-state index contributed by atoms with van der Waals surface area (Å²) in [6, 6.07) is 19.7. The molecule has 1 fully saturated rings. The van der Waals surface area contributed by atoms with Crippen LogP contribution >= 0.6 is 11.6 Å². The molecule has 8 heteroatoms. The molecule has 4 aromatic rings. The summed E-state index contributed by atoms with van der Waals surface area (Å²) in [6.07, 6.45) is 4.07. The first-order valence-electron chi connectivity index (χ1n) is 15.3. The van der Waals surface area contributed by atoms with Gasteiger partial charge in [-0.2, -0.15) is 0 Å². The van der Waals surface area contributed by atoms with Gasteiger partial charge in [0.15, 0.2) is 0 Å². The van der Waals surface area contributed by atoms with Crippen molar-refractivity contribution in [1.29, 1.82) is 0 Å². The van der Waals surface area contributed by atoms with Crippen LogP contribution < -0.4 is 19.3 Å². The van der Waals surface area contributed by atoms with Gasteiger partial charge in [0.1, 0.15) is 11.5 Å². The molecule has 44 heavy (non-hydrogen) atoms. The zero-order valence-electron chi connectivity index (χ0n) is 25.0. The number of halogens is 1. The highest BCUT2D eigenvalue weighted by atomic mass is 35.5.